The number of halogens is 5. The highest BCUT2D eigenvalue weighted by Gasteiger charge is 2.42. The lowest BCUT2D eigenvalue weighted by molar-refractivity contribution is 0.376. The number of benzene rings is 8. The fraction of sp³-hybridized carbons (Fsp3) is 0.0400. The van der Waals surface area contributed by atoms with Gasteiger partial charge in [-0.1, -0.05) is 109 Å². The quantitative estimate of drug-likeness (QED) is 0.0959. The number of anilines is 3. The van der Waals surface area contributed by atoms with E-state index in [0.29, 0.717) is 16.3 Å². The van der Waals surface area contributed by atoms with Crippen molar-refractivity contribution in [2.75, 3.05) is 4.90 Å². The average Bonchev–Trinajstić information content (AvgIpc) is 3.89. The number of nitrogens with zero attached hydrogens (tertiary/aromatic N) is 2. The summed E-state index contributed by atoms with van der Waals surface area (Å²) < 4.78 is 78.3. The van der Waals surface area contributed by atoms with Gasteiger partial charge in [0, 0.05) is 47.7 Å². The minimum absolute atomic E-state index is 0.284. The summed E-state index contributed by atoms with van der Waals surface area (Å²) in [4.78, 5) is 2.21. The average molecular weight is 785 g/mol. The highest BCUT2D eigenvalue weighted by atomic mass is 32.1. The van der Waals surface area contributed by atoms with Crippen LogP contribution in [0.15, 0.2) is 158 Å². The molecule has 0 N–H and O–H groups in total. The van der Waals surface area contributed by atoms with Gasteiger partial charge < -0.3 is 9.47 Å². The first-order valence-corrected chi connectivity index (χ1v) is 19.6. The van der Waals surface area contributed by atoms with Crippen molar-refractivity contribution in [1.29, 1.82) is 0 Å². The third-order valence-corrected chi connectivity index (χ3v) is 13.0. The first-order chi connectivity index (χ1) is 28.3. The molecular weight excluding hydrogens is 756 g/mol. The molecule has 2 aromatic heterocycles. The van der Waals surface area contributed by atoms with Gasteiger partial charge in [-0.15, -0.1) is 11.3 Å². The van der Waals surface area contributed by atoms with Crippen molar-refractivity contribution < 1.29 is 22.0 Å². The molecule has 58 heavy (non-hydrogen) atoms. The lowest BCUT2D eigenvalue weighted by atomic mass is 9.73. The number of rotatable bonds is 5. The summed E-state index contributed by atoms with van der Waals surface area (Å²) in [6.07, 6.45) is 0. The molecule has 2 heterocycles. The SMILES string of the molecule is CC1(c2ccccc2N(c2ccc3c(c2)sc2ccccc23)c2ccc3c(c2)c2ccccc2n3-c2c(F)c(F)c(F)c(F)c2F)c2ccccc2-c2ccccc21. The molecule has 11 rings (SSSR count). The van der Waals surface area contributed by atoms with Crippen LogP contribution in [0, 0.1) is 29.1 Å². The van der Waals surface area contributed by atoms with E-state index in [4.69, 9.17) is 0 Å². The van der Waals surface area contributed by atoms with Gasteiger partial charge in [-0.05, 0) is 83.3 Å². The number of hydrogen-bond acceptors (Lipinski definition) is 2. The largest absolute Gasteiger partial charge is 0.310 e. The van der Waals surface area contributed by atoms with E-state index in [1.165, 1.54) is 32.3 Å². The van der Waals surface area contributed by atoms with Crippen LogP contribution < -0.4 is 4.90 Å². The maximum atomic E-state index is 15.6. The molecule has 0 fully saturated rings. The summed E-state index contributed by atoms with van der Waals surface area (Å²) in [5.41, 5.74) is 7.32. The summed E-state index contributed by atoms with van der Waals surface area (Å²) in [6.45, 7) is 2.27. The molecule has 0 aliphatic heterocycles. The topological polar surface area (TPSA) is 8.17 Å². The molecule has 0 saturated heterocycles. The minimum Gasteiger partial charge on any atom is -0.310 e. The summed E-state index contributed by atoms with van der Waals surface area (Å²) >= 11 is 1.72. The molecular formula is C50H29F5N2S. The molecule has 0 radical (unpaired) electrons. The Hall–Kier alpha value is -6.77. The molecule has 1 aliphatic rings. The second kappa shape index (κ2) is 12.6. The van der Waals surface area contributed by atoms with E-state index in [1.807, 2.05) is 30.3 Å². The summed E-state index contributed by atoms with van der Waals surface area (Å²) in [5.74, 6) is -10.0. The van der Waals surface area contributed by atoms with Crippen LogP contribution in [0.2, 0.25) is 0 Å². The Labute approximate surface area is 333 Å². The highest BCUT2D eigenvalue weighted by Crippen LogP contribution is 2.55. The van der Waals surface area contributed by atoms with Crippen LogP contribution in [0.3, 0.4) is 0 Å². The van der Waals surface area contributed by atoms with Crippen LogP contribution in [-0.2, 0) is 5.41 Å². The molecule has 0 amide bonds. The summed E-state index contributed by atoms with van der Waals surface area (Å²) in [7, 11) is 0. The van der Waals surface area contributed by atoms with E-state index >= 15 is 8.78 Å². The summed E-state index contributed by atoms with van der Waals surface area (Å²) in [6, 6.07) is 52.5. The molecule has 1 aliphatic carbocycles. The van der Waals surface area contributed by atoms with Crippen molar-refractivity contribution in [3.05, 3.63) is 204 Å². The van der Waals surface area contributed by atoms with Crippen molar-refractivity contribution in [2.24, 2.45) is 0 Å². The fourth-order valence-electron chi connectivity index (χ4n) is 9.25. The Morgan fingerprint density at radius 3 is 1.69 bits per heavy atom. The van der Waals surface area contributed by atoms with Crippen molar-refractivity contribution in [3.63, 3.8) is 0 Å². The molecule has 0 unspecified atom stereocenters. The highest BCUT2D eigenvalue weighted by molar-refractivity contribution is 7.25. The Balaban J connectivity index is 1.20. The van der Waals surface area contributed by atoms with E-state index < -0.39 is 40.2 Å². The number of aromatic nitrogens is 1. The molecule has 0 spiro atoms. The van der Waals surface area contributed by atoms with Gasteiger partial charge in [0.05, 0.1) is 16.7 Å². The van der Waals surface area contributed by atoms with E-state index in [9.17, 15) is 13.2 Å². The Morgan fingerprint density at radius 1 is 0.448 bits per heavy atom. The molecule has 0 atom stereocenters. The predicted molar refractivity (Wildman–Crippen MR) is 226 cm³/mol. The second-order valence-corrected chi connectivity index (χ2v) is 15.9. The molecule has 8 heteroatoms. The second-order valence-electron chi connectivity index (χ2n) is 14.8. The van der Waals surface area contributed by atoms with Crippen LogP contribution in [0.1, 0.15) is 23.6 Å². The van der Waals surface area contributed by atoms with Crippen molar-refractivity contribution in [1.82, 2.24) is 4.57 Å². The zero-order valence-electron chi connectivity index (χ0n) is 30.7. The Bertz CT molecular complexity index is 3270. The molecule has 0 saturated carbocycles. The van der Waals surface area contributed by atoms with E-state index in [1.54, 1.807) is 41.7 Å². The van der Waals surface area contributed by atoms with Gasteiger partial charge in [-0.25, -0.2) is 22.0 Å². The lowest BCUT2D eigenvalue weighted by Gasteiger charge is -2.35. The smallest absolute Gasteiger partial charge is 0.200 e. The normalized spacial score (nSPS) is 13.1. The zero-order valence-corrected chi connectivity index (χ0v) is 31.5. The van der Waals surface area contributed by atoms with Gasteiger partial charge in [0.15, 0.2) is 23.3 Å². The molecule has 8 aromatic carbocycles. The van der Waals surface area contributed by atoms with Crippen LogP contribution in [0.4, 0.5) is 39.0 Å². The van der Waals surface area contributed by atoms with Crippen LogP contribution in [-0.4, -0.2) is 4.57 Å². The van der Waals surface area contributed by atoms with Crippen molar-refractivity contribution >= 4 is 70.4 Å². The van der Waals surface area contributed by atoms with Gasteiger partial charge in [-0.3, -0.25) is 0 Å². The Kier molecular flexibility index (Phi) is 7.50. The monoisotopic (exact) mass is 784 g/mol. The predicted octanol–water partition coefficient (Wildman–Crippen LogP) is 14.7. The molecule has 280 valence electrons. The first-order valence-electron chi connectivity index (χ1n) is 18.8. The number of fused-ring (bicyclic) bond motifs is 9. The van der Waals surface area contributed by atoms with Crippen molar-refractivity contribution in [3.8, 4) is 16.8 Å². The van der Waals surface area contributed by atoms with Crippen LogP contribution in [0.5, 0.6) is 0 Å². The standard InChI is InChI=1S/C50H29F5N2S/c1-50(36-16-6-2-12-30(36)31-13-3-7-17-37(31)50)38-18-8-10-20-41(38)56(29-22-24-34-33-15-5-11-21-42(33)58-43(34)27-29)28-23-25-40-35(26-28)32-14-4-9-19-39(32)57(40)49-47(54)45(52)44(51)46(53)48(49)55/h2-27H,1H3. The lowest BCUT2D eigenvalue weighted by Crippen LogP contribution is -2.25. The molecule has 10 aromatic rings. The Morgan fingerprint density at radius 2 is 0.966 bits per heavy atom. The maximum Gasteiger partial charge on any atom is 0.200 e. The fourth-order valence-corrected chi connectivity index (χ4v) is 10.4. The van der Waals surface area contributed by atoms with Gasteiger partial charge >= 0.3 is 0 Å². The van der Waals surface area contributed by atoms with Crippen LogP contribution in [0.25, 0.3) is 58.8 Å². The van der Waals surface area contributed by atoms with Crippen molar-refractivity contribution in [2.45, 2.75) is 12.3 Å². The number of para-hydroxylation sites is 2. The first kappa shape index (κ1) is 34.5. The number of thiophene rings is 1. The molecule has 2 nitrogen and oxygen atoms in total. The maximum absolute atomic E-state index is 15.6. The van der Waals surface area contributed by atoms with Gasteiger partial charge in [0.1, 0.15) is 5.69 Å². The minimum atomic E-state index is -2.20. The van der Waals surface area contributed by atoms with Gasteiger partial charge in [0.25, 0.3) is 0 Å². The van der Waals surface area contributed by atoms with E-state index in [2.05, 4.69) is 109 Å². The van der Waals surface area contributed by atoms with Gasteiger partial charge in [0.2, 0.25) is 5.82 Å². The third kappa shape index (κ3) is 4.69. The third-order valence-electron chi connectivity index (χ3n) is 11.9. The van der Waals surface area contributed by atoms with E-state index in [0.717, 1.165) is 37.3 Å². The molecule has 0 bridgehead atoms. The van der Waals surface area contributed by atoms with Crippen LogP contribution >= 0.6 is 11.3 Å². The van der Waals surface area contributed by atoms with E-state index in [-0.39, 0.29) is 5.52 Å². The van der Waals surface area contributed by atoms with Gasteiger partial charge in [-0.2, -0.15) is 0 Å². The number of hydrogen-bond donors (Lipinski definition) is 0. The zero-order chi connectivity index (χ0) is 39.4. The summed E-state index contributed by atoms with van der Waals surface area (Å²) in [5, 5.41) is 3.48.